The predicted molar refractivity (Wildman–Crippen MR) is 99.6 cm³/mol. The second-order valence-electron chi connectivity index (χ2n) is 6.77. The van der Waals surface area contributed by atoms with Gasteiger partial charge in [-0.15, -0.1) is 13.2 Å². The van der Waals surface area contributed by atoms with E-state index in [1.165, 1.54) is 18.2 Å². The summed E-state index contributed by atoms with van der Waals surface area (Å²) in [5.41, 5.74) is 0.876. The van der Waals surface area contributed by atoms with Gasteiger partial charge >= 0.3 is 12.3 Å². The van der Waals surface area contributed by atoms with Gasteiger partial charge in [0.05, 0.1) is 0 Å². The van der Waals surface area contributed by atoms with E-state index in [0.717, 1.165) is 24.4 Å². The maximum Gasteiger partial charge on any atom is 0.573 e. The number of hydrogen-bond donors (Lipinski definition) is 2. The van der Waals surface area contributed by atoms with Crippen molar-refractivity contribution in [2.75, 3.05) is 6.54 Å². The van der Waals surface area contributed by atoms with Crippen LogP contribution in [0.4, 0.5) is 30.7 Å². The highest BCUT2D eigenvalue weighted by Gasteiger charge is 2.56. The van der Waals surface area contributed by atoms with E-state index in [1.54, 1.807) is 0 Å². The first-order chi connectivity index (χ1) is 14.9. The van der Waals surface area contributed by atoms with Gasteiger partial charge in [0.15, 0.2) is 5.60 Å². The van der Waals surface area contributed by atoms with Gasteiger partial charge in [-0.05, 0) is 29.8 Å². The van der Waals surface area contributed by atoms with Crippen molar-refractivity contribution < 1.29 is 40.6 Å². The van der Waals surface area contributed by atoms with Gasteiger partial charge in [0.25, 0.3) is 0 Å². The van der Waals surface area contributed by atoms with Crippen LogP contribution in [0.5, 0.6) is 5.75 Å². The average Bonchev–Trinajstić information content (AvgIpc) is 2.72. The minimum Gasteiger partial charge on any atom is -0.406 e. The summed E-state index contributed by atoms with van der Waals surface area (Å²) in [5, 5.41) is 10.6. The van der Waals surface area contributed by atoms with E-state index in [4.69, 9.17) is 5.73 Å². The lowest BCUT2D eigenvalue weighted by Gasteiger charge is -2.35. The zero-order chi connectivity index (χ0) is 23.7. The summed E-state index contributed by atoms with van der Waals surface area (Å²) >= 11 is 0. The zero-order valence-corrected chi connectivity index (χ0v) is 16.0. The van der Waals surface area contributed by atoms with Crippen LogP contribution in [-0.4, -0.2) is 23.0 Å². The van der Waals surface area contributed by atoms with Crippen LogP contribution in [0.1, 0.15) is 11.3 Å². The molecule has 0 radical (unpaired) electrons. The van der Waals surface area contributed by atoms with Gasteiger partial charge in [0.1, 0.15) is 23.1 Å². The highest BCUT2D eigenvalue weighted by Crippen LogP contribution is 2.45. The second kappa shape index (κ2) is 8.40. The third-order valence-electron chi connectivity index (χ3n) is 4.70. The van der Waals surface area contributed by atoms with Crippen molar-refractivity contribution in [3.63, 3.8) is 0 Å². The average molecular weight is 460 g/mol. The van der Waals surface area contributed by atoms with E-state index in [-0.39, 0.29) is 5.56 Å². The molecule has 3 N–H and O–H groups in total. The van der Waals surface area contributed by atoms with Crippen molar-refractivity contribution in [1.82, 2.24) is 4.98 Å². The van der Waals surface area contributed by atoms with E-state index >= 15 is 8.78 Å². The van der Waals surface area contributed by atoms with E-state index in [9.17, 15) is 27.1 Å². The highest BCUT2D eigenvalue weighted by atomic mass is 19.4. The summed E-state index contributed by atoms with van der Waals surface area (Å²) in [6.07, 6.45) is -3.86. The first-order valence-corrected chi connectivity index (χ1v) is 8.96. The fraction of sp³-hybridized carbons (Fsp3) is 0.190. The van der Waals surface area contributed by atoms with Gasteiger partial charge in [-0.2, -0.15) is 8.78 Å². The highest BCUT2D eigenvalue weighted by molar-refractivity contribution is 5.63. The summed E-state index contributed by atoms with van der Waals surface area (Å²) in [5.74, 6) is -7.08. The third kappa shape index (κ3) is 4.53. The van der Waals surface area contributed by atoms with Crippen molar-refractivity contribution in [3.8, 4) is 16.9 Å². The molecule has 11 heteroatoms. The number of nitrogens with zero attached hydrogens (tertiary/aromatic N) is 1. The molecule has 0 saturated carbocycles. The van der Waals surface area contributed by atoms with Crippen LogP contribution in [0.25, 0.3) is 11.1 Å². The van der Waals surface area contributed by atoms with Gasteiger partial charge in [-0.3, -0.25) is 4.98 Å². The molecule has 1 atom stereocenters. The Morgan fingerprint density at radius 2 is 1.50 bits per heavy atom. The van der Waals surface area contributed by atoms with Crippen LogP contribution < -0.4 is 10.5 Å². The molecule has 4 nitrogen and oxygen atoms in total. The molecule has 3 rings (SSSR count). The van der Waals surface area contributed by atoms with Gasteiger partial charge in [-0.25, -0.2) is 8.78 Å². The van der Waals surface area contributed by atoms with Gasteiger partial charge < -0.3 is 15.6 Å². The molecule has 170 valence electrons. The fourth-order valence-corrected chi connectivity index (χ4v) is 3.04. The maximum absolute atomic E-state index is 15.1. The van der Waals surface area contributed by atoms with Crippen molar-refractivity contribution in [1.29, 1.82) is 0 Å². The molecule has 0 amide bonds. The molecule has 0 unspecified atom stereocenters. The van der Waals surface area contributed by atoms with Crippen molar-refractivity contribution in [2.45, 2.75) is 17.9 Å². The Bertz CT molecular complexity index is 1090. The van der Waals surface area contributed by atoms with Crippen LogP contribution >= 0.6 is 0 Å². The normalized spacial score (nSPS) is 14.2. The van der Waals surface area contributed by atoms with E-state index < -0.39 is 53.1 Å². The second-order valence-corrected chi connectivity index (χ2v) is 6.77. The minimum atomic E-state index is -4.86. The SMILES string of the molecule is NC[C@](O)(c1ccc(F)cc1F)C(F)(F)c1ccc(-c2ccc(OC(F)(F)F)cc2)cn1. The van der Waals surface area contributed by atoms with Crippen molar-refractivity contribution >= 4 is 0 Å². The number of alkyl halides is 5. The summed E-state index contributed by atoms with van der Waals surface area (Å²) in [7, 11) is 0. The molecule has 0 saturated heterocycles. The van der Waals surface area contributed by atoms with Crippen molar-refractivity contribution in [3.05, 3.63) is 83.7 Å². The number of aliphatic hydroxyl groups is 1. The number of hydrogen-bond acceptors (Lipinski definition) is 4. The number of halogens is 7. The third-order valence-corrected chi connectivity index (χ3v) is 4.70. The van der Waals surface area contributed by atoms with Gasteiger partial charge in [-0.1, -0.05) is 24.3 Å². The van der Waals surface area contributed by atoms with Gasteiger partial charge in [0, 0.05) is 29.9 Å². The molecule has 0 fully saturated rings. The van der Waals surface area contributed by atoms with E-state index in [1.807, 2.05) is 0 Å². The topological polar surface area (TPSA) is 68.4 Å². The molecule has 0 spiro atoms. The molecular weight excluding hydrogens is 445 g/mol. The predicted octanol–water partition coefficient (Wildman–Crippen LogP) is 4.86. The number of rotatable bonds is 6. The molecule has 0 aliphatic heterocycles. The lowest BCUT2D eigenvalue weighted by molar-refractivity contribution is -0.274. The van der Waals surface area contributed by atoms with E-state index in [0.29, 0.717) is 23.8 Å². The largest absolute Gasteiger partial charge is 0.573 e. The van der Waals surface area contributed by atoms with Crippen LogP contribution in [0, 0.1) is 11.6 Å². The van der Waals surface area contributed by atoms with E-state index in [2.05, 4.69) is 9.72 Å². The Labute approximate surface area is 177 Å². The summed E-state index contributed by atoms with van der Waals surface area (Å²) in [4.78, 5) is 3.62. The number of ether oxygens (including phenoxy) is 1. The molecule has 32 heavy (non-hydrogen) atoms. The summed E-state index contributed by atoms with van der Waals surface area (Å²) < 4.78 is 98.0. The van der Waals surface area contributed by atoms with Gasteiger partial charge in [0.2, 0.25) is 0 Å². The van der Waals surface area contributed by atoms with Crippen LogP contribution in [0.2, 0.25) is 0 Å². The Morgan fingerprint density at radius 3 is 2.00 bits per heavy atom. The molecule has 0 aliphatic rings. The molecule has 0 bridgehead atoms. The molecule has 1 heterocycles. The minimum absolute atomic E-state index is 0.271. The zero-order valence-electron chi connectivity index (χ0n) is 16.0. The first-order valence-electron chi connectivity index (χ1n) is 8.96. The Kier molecular flexibility index (Phi) is 6.16. The quantitative estimate of drug-likeness (QED) is 0.516. The Hall–Kier alpha value is -3.18. The monoisotopic (exact) mass is 460 g/mol. The Morgan fingerprint density at radius 1 is 0.875 bits per heavy atom. The number of nitrogens with two attached hydrogens (primary N) is 1. The van der Waals surface area contributed by atoms with Crippen molar-refractivity contribution in [2.24, 2.45) is 5.73 Å². The smallest absolute Gasteiger partial charge is 0.406 e. The molecule has 1 aromatic heterocycles. The molecule has 2 aromatic carbocycles. The molecule has 3 aromatic rings. The maximum atomic E-state index is 15.1. The first kappa shape index (κ1) is 23.5. The number of benzene rings is 2. The van der Waals surface area contributed by atoms with Crippen LogP contribution in [0.3, 0.4) is 0 Å². The standard InChI is InChI=1S/C21H15F7N2O2/c22-14-4-7-16(17(23)9-14)19(31,11-29)20(24,25)18-8-3-13(10-30-18)12-1-5-15(6-2-12)32-21(26,27)28/h1-10,31H,11,29H2/t19-/m0/s1. The molecule has 0 aliphatic carbocycles. The lowest BCUT2D eigenvalue weighted by Crippen LogP contribution is -2.50. The summed E-state index contributed by atoms with van der Waals surface area (Å²) in [6.45, 7) is -1.10. The fourth-order valence-electron chi connectivity index (χ4n) is 3.04. The van der Waals surface area contributed by atoms with Crippen LogP contribution in [-0.2, 0) is 11.5 Å². The lowest BCUT2D eigenvalue weighted by atomic mass is 9.84. The van der Waals surface area contributed by atoms with Crippen LogP contribution in [0.15, 0.2) is 60.8 Å². The Balaban J connectivity index is 1.91. The number of aromatic nitrogens is 1. The summed E-state index contributed by atoms with van der Waals surface area (Å²) in [6, 6.07) is 8.37. The number of pyridine rings is 1. The molecular formula is C21H15F7N2O2.